The van der Waals surface area contributed by atoms with Crippen LogP contribution in [0.4, 0.5) is 5.69 Å². The molecule has 3 rings (SSSR count). The van der Waals surface area contributed by atoms with Crippen LogP contribution < -0.4 is 10.1 Å². The van der Waals surface area contributed by atoms with Gasteiger partial charge in [0.2, 0.25) is 10.0 Å². The number of nitrogens with zero attached hydrogens (tertiary/aromatic N) is 4. The summed E-state index contributed by atoms with van der Waals surface area (Å²) in [6, 6.07) is 6.23. The third kappa shape index (κ3) is 3.94. The highest BCUT2D eigenvalue weighted by Gasteiger charge is 2.23. The Bertz CT molecular complexity index is 1180. The molecule has 0 aliphatic heterocycles. The predicted octanol–water partition coefficient (Wildman–Crippen LogP) is 2.18. The van der Waals surface area contributed by atoms with Gasteiger partial charge in [-0.2, -0.15) is 5.10 Å². The van der Waals surface area contributed by atoms with E-state index in [-0.39, 0.29) is 10.6 Å². The first-order chi connectivity index (χ1) is 13.6. The number of nitrogens with one attached hydrogen (secondary N) is 1. The minimum Gasteiger partial charge on any atom is -0.492 e. The molecule has 0 spiro atoms. The minimum atomic E-state index is -3.75. The first-order valence-corrected chi connectivity index (χ1v) is 10.4. The molecule has 10 heteroatoms. The normalized spacial score (nSPS) is 11.8. The van der Waals surface area contributed by atoms with Gasteiger partial charge in [0.05, 0.1) is 17.9 Å². The lowest BCUT2D eigenvalue weighted by Crippen LogP contribution is -2.23. The summed E-state index contributed by atoms with van der Waals surface area (Å²) < 4.78 is 33.5. The number of carbonyl (C=O) groups is 1. The van der Waals surface area contributed by atoms with Crippen LogP contribution >= 0.6 is 0 Å². The largest absolute Gasteiger partial charge is 0.492 e. The van der Waals surface area contributed by atoms with Crippen LogP contribution in [0.3, 0.4) is 0 Å². The van der Waals surface area contributed by atoms with E-state index in [2.05, 4.69) is 15.4 Å². The zero-order chi connectivity index (χ0) is 21.3. The van der Waals surface area contributed by atoms with Crippen LogP contribution in [0, 0.1) is 6.92 Å². The van der Waals surface area contributed by atoms with Crippen molar-refractivity contribution in [2.45, 2.75) is 18.7 Å². The first-order valence-electron chi connectivity index (χ1n) is 8.95. The van der Waals surface area contributed by atoms with E-state index in [1.807, 2.05) is 6.92 Å². The van der Waals surface area contributed by atoms with Gasteiger partial charge in [0.1, 0.15) is 10.6 Å². The van der Waals surface area contributed by atoms with Gasteiger partial charge >= 0.3 is 0 Å². The molecule has 0 aliphatic rings. The first kappa shape index (κ1) is 20.7. The van der Waals surface area contributed by atoms with Gasteiger partial charge in [-0.05, 0) is 38.1 Å². The number of anilines is 1. The smallest absolute Gasteiger partial charge is 0.257 e. The van der Waals surface area contributed by atoms with Crippen molar-refractivity contribution in [2.75, 3.05) is 26.0 Å². The molecule has 0 saturated carbocycles. The Morgan fingerprint density at radius 1 is 1.28 bits per heavy atom. The van der Waals surface area contributed by atoms with Gasteiger partial charge in [-0.15, -0.1) is 0 Å². The zero-order valence-corrected chi connectivity index (χ0v) is 17.7. The zero-order valence-electron chi connectivity index (χ0n) is 16.9. The van der Waals surface area contributed by atoms with Crippen molar-refractivity contribution in [3.8, 4) is 5.75 Å². The molecule has 0 radical (unpaired) electrons. The van der Waals surface area contributed by atoms with Gasteiger partial charge in [-0.1, -0.05) is 0 Å². The standard InChI is InChI=1S/C19H23N5O4S/c1-6-28-16-8-7-14(10-17(16)29(26,27)23(3)4)21-19(25)13-9-15-12(2)22-24(5)18(15)20-11-13/h7-11H,6H2,1-5H3,(H,21,25). The topological polar surface area (TPSA) is 106 Å². The van der Waals surface area contributed by atoms with E-state index < -0.39 is 15.9 Å². The van der Waals surface area contributed by atoms with Crippen LogP contribution in [0.15, 0.2) is 35.4 Å². The molecular formula is C19H23N5O4S. The van der Waals surface area contributed by atoms with E-state index in [9.17, 15) is 13.2 Å². The number of aromatic nitrogens is 3. The molecule has 154 valence electrons. The molecule has 1 aromatic carbocycles. The number of carbonyl (C=O) groups excluding carboxylic acids is 1. The molecule has 0 fully saturated rings. The van der Waals surface area contributed by atoms with E-state index in [4.69, 9.17) is 4.74 Å². The van der Waals surface area contributed by atoms with Crippen molar-refractivity contribution in [1.82, 2.24) is 19.1 Å². The maximum atomic E-state index is 12.7. The summed E-state index contributed by atoms with van der Waals surface area (Å²) in [5, 5.41) is 7.80. The number of amides is 1. The molecule has 29 heavy (non-hydrogen) atoms. The summed E-state index contributed by atoms with van der Waals surface area (Å²) in [7, 11) is 0.912. The van der Waals surface area contributed by atoms with E-state index in [1.54, 1.807) is 30.8 Å². The molecule has 2 aromatic heterocycles. The number of sulfonamides is 1. The Morgan fingerprint density at radius 3 is 2.66 bits per heavy atom. The van der Waals surface area contributed by atoms with Crippen molar-refractivity contribution in [1.29, 1.82) is 0 Å². The molecule has 0 atom stereocenters. The molecule has 3 aromatic rings. The Hall–Kier alpha value is -2.98. The molecule has 0 aliphatic carbocycles. The summed E-state index contributed by atoms with van der Waals surface area (Å²) in [6.07, 6.45) is 1.46. The van der Waals surface area contributed by atoms with E-state index in [0.717, 1.165) is 15.4 Å². The van der Waals surface area contributed by atoms with Crippen molar-refractivity contribution in [2.24, 2.45) is 7.05 Å². The maximum Gasteiger partial charge on any atom is 0.257 e. The lowest BCUT2D eigenvalue weighted by molar-refractivity contribution is 0.102. The van der Waals surface area contributed by atoms with E-state index >= 15 is 0 Å². The second-order valence-corrected chi connectivity index (χ2v) is 8.76. The molecule has 0 bridgehead atoms. The van der Waals surface area contributed by atoms with E-state index in [1.165, 1.54) is 32.4 Å². The van der Waals surface area contributed by atoms with Gasteiger partial charge < -0.3 is 10.1 Å². The Morgan fingerprint density at radius 2 is 2.00 bits per heavy atom. The van der Waals surface area contributed by atoms with Gasteiger partial charge in [0, 0.05) is 38.4 Å². The van der Waals surface area contributed by atoms with Crippen LogP contribution in [0.1, 0.15) is 23.0 Å². The number of ether oxygens (including phenoxy) is 1. The van der Waals surface area contributed by atoms with Crippen LogP contribution in [-0.4, -0.2) is 54.1 Å². The highest BCUT2D eigenvalue weighted by molar-refractivity contribution is 7.89. The average molecular weight is 417 g/mol. The molecule has 0 saturated heterocycles. The summed E-state index contributed by atoms with van der Waals surface area (Å²) in [4.78, 5) is 17.0. The van der Waals surface area contributed by atoms with Crippen molar-refractivity contribution in [3.63, 3.8) is 0 Å². The fourth-order valence-corrected chi connectivity index (χ4v) is 3.94. The number of hydrogen-bond acceptors (Lipinski definition) is 6. The van der Waals surface area contributed by atoms with Crippen molar-refractivity contribution in [3.05, 3.63) is 41.7 Å². The fraction of sp³-hybridized carbons (Fsp3) is 0.316. The Labute approximate surface area is 169 Å². The van der Waals surface area contributed by atoms with E-state index in [0.29, 0.717) is 23.5 Å². The SMILES string of the molecule is CCOc1ccc(NC(=O)c2cnc3c(c2)c(C)nn3C)cc1S(=O)(=O)N(C)C. The number of hydrogen-bond donors (Lipinski definition) is 1. The third-order valence-electron chi connectivity index (χ3n) is 4.39. The van der Waals surface area contributed by atoms with Gasteiger partial charge in [0.25, 0.3) is 5.91 Å². The molecule has 1 N–H and O–H groups in total. The minimum absolute atomic E-state index is 0.0150. The third-order valence-corrected chi connectivity index (χ3v) is 6.22. The summed E-state index contributed by atoms with van der Waals surface area (Å²) >= 11 is 0. The number of rotatable bonds is 6. The average Bonchev–Trinajstić information content (AvgIpc) is 2.96. The van der Waals surface area contributed by atoms with Crippen LogP contribution in [0.2, 0.25) is 0 Å². The number of benzene rings is 1. The van der Waals surface area contributed by atoms with Gasteiger partial charge in [0.15, 0.2) is 5.65 Å². The molecule has 0 unspecified atom stereocenters. The molecule has 9 nitrogen and oxygen atoms in total. The fourth-order valence-electron chi connectivity index (χ4n) is 2.89. The predicted molar refractivity (Wildman–Crippen MR) is 110 cm³/mol. The lowest BCUT2D eigenvalue weighted by atomic mass is 10.2. The lowest BCUT2D eigenvalue weighted by Gasteiger charge is -2.16. The Kier molecular flexibility index (Phi) is 5.58. The second kappa shape index (κ2) is 7.80. The van der Waals surface area contributed by atoms with Crippen molar-refractivity contribution >= 4 is 32.7 Å². The summed E-state index contributed by atoms with van der Waals surface area (Å²) in [5.41, 5.74) is 2.13. The summed E-state index contributed by atoms with van der Waals surface area (Å²) in [6.45, 7) is 3.93. The quantitative estimate of drug-likeness (QED) is 0.659. The summed E-state index contributed by atoms with van der Waals surface area (Å²) in [5.74, 6) is -0.173. The van der Waals surface area contributed by atoms with Crippen LogP contribution in [0.5, 0.6) is 5.75 Å². The Balaban J connectivity index is 1.95. The van der Waals surface area contributed by atoms with Gasteiger partial charge in [-0.25, -0.2) is 17.7 Å². The molecular weight excluding hydrogens is 394 g/mol. The number of fused-ring (bicyclic) bond motifs is 1. The second-order valence-electron chi connectivity index (χ2n) is 6.64. The highest BCUT2D eigenvalue weighted by Crippen LogP contribution is 2.29. The maximum absolute atomic E-state index is 12.7. The monoisotopic (exact) mass is 417 g/mol. The molecule has 1 amide bonds. The number of aryl methyl sites for hydroxylation is 2. The highest BCUT2D eigenvalue weighted by atomic mass is 32.2. The van der Waals surface area contributed by atoms with Crippen LogP contribution in [-0.2, 0) is 17.1 Å². The van der Waals surface area contributed by atoms with Gasteiger partial charge in [-0.3, -0.25) is 9.48 Å². The van der Waals surface area contributed by atoms with Crippen molar-refractivity contribution < 1.29 is 17.9 Å². The van der Waals surface area contributed by atoms with Crippen LogP contribution in [0.25, 0.3) is 11.0 Å². The molecule has 2 heterocycles. The number of pyridine rings is 1.